The van der Waals surface area contributed by atoms with Gasteiger partial charge in [0, 0.05) is 29.4 Å². The molecule has 1 saturated carbocycles. The lowest BCUT2D eigenvalue weighted by Crippen LogP contribution is -2.25. The Balaban J connectivity index is 1.06. The molecular formula is C31H28N6. The van der Waals surface area contributed by atoms with Crippen molar-refractivity contribution in [3.05, 3.63) is 72.3 Å². The Morgan fingerprint density at radius 1 is 0.838 bits per heavy atom. The SMILES string of the molecule is CC1CC1NCc1nc2c(ccc3cc(-c4ccc5c(ccc6[nH]c([C@@H]7C[C@H]8CN87)nc65)c4)ccc32)[nH]1. The van der Waals surface area contributed by atoms with E-state index in [9.17, 15) is 0 Å². The highest BCUT2D eigenvalue weighted by Gasteiger charge is 2.52. The number of nitrogens with one attached hydrogen (secondary N) is 3. The number of imidazole rings is 2. The number of fused-ring (bicyclic) bond motifs is 7. The molecule has 0 spiro atoms. The van der Waals surface area contributed by atoms with E-state index in [1.54, 1.807) is 0 Å². The van der Waals surface area contributed by atoms with Crippen LogP contribution in [0.5, 0.6) is 0 Å². The van der Waals surface area contributed by atoms with Crippen LogP contribution in [0.2, 0.25) is 0 Å². The number of aromatic nitrogens is 4. The molecule has 2 aliphatic heterocycles. The molecule has 3 N–H and O–H groups in total. The minimum absolute atomic E-state index is 0.486. The van der Waals surface area contributed by atoms with E-state index in [0.29, 0.717) is 12.1 Å². The Hall–Kier alpha value is -3.74. The zero-order chi connectivity index (χ0) is 24.2. The van der Waals surface area contributed by atoms with Gasteiger partial charge in [-0.25, -0.2) is 9.97 Å². The number of hydrogen-bond donors (Lipinski definition) is 3. The maximum Gasteiger partial charge on any atom is 0.124 e. The first-order valence-electron chi connectivity index (χ1n) is 13.5. The summed E-state index contributed by atoms with van der Waals surface area (Å²) in [6.45, 7) is 4.33. The van der Waals surface area contributed by atoms with Gasteiger partial charge in [-0.05, 0) is 64.9 Å². The molecule has 182 valence electrons. The molecule has 4 heterocycles. The monoisotopic (exact) mass is 484 g/mol. The predicted molar refractivity (Wildman–Crippen MR) is 148 cm³/mol. The lowest BCUT2D eigenvalue weighted by atomic mass is 9.98. The maximum absolute atomic E-state index is 5.03. The van der Waals surface area contributed by atoms with Crippen LogP contribution in [0.3, 0.4) is 0 Å². The van der Waals surface area contributed by atoms with Gasteiger partial charge in [0.2, 0.25) is 0 Å². The number of aromatic amines is 2. The van der Waals surface area contributed by atoms with E-state index in [2.05, 4.69) is 87.8 Å². The number of H-pyrrole nitrogens is 2. The summed E-state index contributed by atoms with van der Waals surface area (Å²) in [7, 11) is 0. The Kier molecular flexibility index (Phi) is 3.95. The Morgan fingerprint density at radius 3 is 2.14 bits per heavy atom. The van der Waals surface area contributed by atoms with Crippen LogP contribution in [0.25, 0.3) is 54.7 Å². The number of rotatable bonds is 5. The van der Waals surface area contributed by atoms with E-state index in [4.69, 9.17) is 9.97 Å². The van der Waals surface area contributed by atoms with Gasteiger partial charge >= 0.3 is 0 Å². The fourth-order valence-electron chi connectivity index (χ4n) is 6.42. The molecule has 3 aliphatic rings. The summed E-state index contributed by atoms with van der Waals surface area (Å²) < 4.78 is 0. The highest BCUT2D eigenvalue weighted by atomic mass is 15.4. The van der Waals surface area contributed by atoms with Gasteiger partial charge in [0.25, 0.3) is 0 Å². The first-order valence-corrected chi connectivity index (χ1v) is 13.5. The van der Waals surface area contributed by atoms with Gasteiger partial charge in [0.05, 0.1) is 34.7 Å². The molecule has 5 atom stereocenters. The second-order valence-electron chi connectivity index (χ2n) is 11.4. The highest BCUT2D eigenvalue weighted by molar-refractivity contribution is 6.07. The fourth-order valence-corrected chi connectivity index (χ4v) is 6.42. The molecule has 6 heteroatoms. The second-order valence-corrected chi connectivity index (χ2v) is 11.4. The van der Waals surface area contributed by atoms with Crippen molar-refractivity contribution < 1.29 is 0 Å². The predicted octanol–water partition coefficient (Wildman–Crippen LogP) is 6.04. The lowest BCUT2D eigenvalue weighted by molar-refractivity contribution is 0.245. The van der Waals surface area contributed by atoms with Crippen LogP contribution in [0.1, 0.15) is 37.5 Å². The molecule has 3 fully saturated rings. The first kappa shape index (κ1) is 20.3. The molecule has 9 rings (SSSR count). The van der Waals surface area contributed by atoms with Gasteiger partial charge in [-0.15, -0.1) is 0 Å². The van der Waals surface area contributed by atoms with Crippen LogP contribution in [0, 0.1) is 5.92 Å². The smallest absolute Gasteiger partial charge is 0.124 e. The van der Waals surface area contributed by atoms with Crippen molar-refractivity contribution in [2.45, 2.75) is 44.4 Å². The number of nitrogens with zero attached hydrogens (tertiary/aromatic N) is 3. The zero-order valence-electron chi connectivity index (χ0n) is 20.8. The molecule has 1 aliphatic carbocycles. The van der Waals surface area contributed by atoms with E-state index in [1.807, 2.05) is 0 Å². The van der Waals surface area contributed by atoms with Crippen LogP contribution < -0.4 is 5.32 Å². The van der Waals surface area contributed by atoms with Gasteiger partial charge in [-0.1, -0.05) is 43.3 Å². The summed E-state index contributed by atoms with van der Waals surface area (Å²) in [5, 5.41) is 8.45. The Labute approximate surface area is 214 Å². The van der Waals surface area contributed by atoms with Gasteiger partial charge in [-0.3, -0.25) is 4.90 Å². The summed E-state index contributed by atoms with van der Waals surface area (Å²) in [6.07, 6.45) is 2.51. The molecule has 37 heavy (non-hydrogen) atoms. The lowest BCUT2D eigenvalue weighted by Gasteiger charge is -2.24. The van der Waals surface area contributed by atoms with E-state index < -0.39 is 0 Å². The molecule has 2 saturated heterocycles. The third kappa shape index (κ3) is 3.12. The third-order valence-electron chi connectivity index (χ3n) is 8.95. The molecule has 0 amide bonds. The van der Waals surface area contributed by atoms with Crippen molar-refractivity contribution in [3.8, 4) is 11.1 Å². The third-order valence-corrected chi connectivity index (χ3v) is 8.95. The number of benzene rings is 4. The van der Waals surface area contributed by atoms with E-state index in [0.717, 1.165) is 52.2 Å². The van der Waals surface area contributed by atoms with E-state index in [1.165, 1.54) is 52.1 Å². The molecule has 2 aromatic heterocycles. The first-order chi connectivity index (χ1) is 18.2. The quantitative estimate of drug-likeness (QED) is 0.261. The van der Waals surface area contributed by atoms with Crippen LogP contribution >= 0.6 is 0 Å². The van der Waals surface area contributed by atoms with Gasteiger partial charge in [0.15, 0.2) is 0 Å². The molecule has 0 radical (unpaired) electrons. The Bertz CT molecular complexity index is 1880. The molecule has 4 aromatic carbocycles. The molecule has 6 aromatic rings. The standard InChI is InChI=1S/C31H28N6/c1-16-10-26(16)32-14-28-33-24-8-4-19-11-17(2-6-22(19)29(24)35-28)18-3-7-23-20(12-18)5-9-25-30(23)36-31(34-25)27-13-21-15-37(21)27/h2-9,11-12,16,21,26-27,32H,10,13-15H2,1H3,(H,33,35)(H,34,36)/t16?,21-,26?,27-,37?/m0/s1. The van der Waals surface area contributed by atoms with Gasteiger partial charge < -0.3 is 15.3 Å². The number of hydrogen-bond acceptors (Lipinski definition) is 4. The molecular weight excluding hydrogens is 456 g/mol. The molecule has 3 unspecified atom stereocenters. The van der Waals surface area contributed by atoms with E-state index >= 15 is 0 Å². The van der Waals surface area contributed by atoms with E-state index in [-0.39, 0.29) is 0 Å². The van der Waals surface area contributed by atoms with Crippen LogP contribution in [0.4, 0.5) is 0 Å². The van der Waals surface area contributed by atoms with Gasteiger partial charge in [0.1, 0.15) is 11.6 Å². The van der Waals surface area contributed by atoms with Crippen molar-refractivity contribution in [3.63, 3.8) is 0 Å². The maximum atomic E-state index is 5.03. The molecule has 6 nitrogen and oxygen atoms in total. The largest absolute Gasteiger partial charge is 0.341 e. The Morgan fingerprint density at radius 2 is 1.51 bits per heavy atom. The zero-order valence-corrected chi connectivity index (χ0v) is 20.8. The van der Waals surface area contributed by atoms with Crippen LogP contribution in [-0.2, 0) is 6.54 Å². The minimum Gasteiger partial charge on any atom is -0.341 e. The van der Waals surface area contributed by atoms with Crippen LogP contribution in [-0.4, -0.2) is 43.5 Å². The summed E-state index contributed by atoms with van der Waals surface area (Å²) >= 11 is 0. The average molecular weight is 485 g/mol. The minimum atomic E-state index is 0.486. The average Bonchev–Trinajstić information content (AvgIpc) is 3.61. The summed E-state index contributed by atoms with van der Waals surface area (Å²) in [4.78, 5) is 19.6. The van der Waals surface area contributed by atoms with Crippen molar-refractivity contribution in [1.82, 2.24) is 30.2 Å². The highest BCUT2D eigenvalue weighted by Crippen LogP contribution is 2.48. The van der Waals surface area contributed by atoms with Crippen molar-refractivity contribution in [1.29, 1.82) is 0 Å². The fraction of sp³-hybridized carbons (Fsp3) is 0.290. The second kappa shape index (κ2) is 7.18. The van der Waals surface area contributed by atoms with Crippen LogP contribution in [0.15, 0.2) is 60.7 Å². The topological polar surface area (TPSA) is 72.4 Å². The van der Waals surface area contributed by atoms with Crippen molar-refractivity contribution in [2.75, 3.05) is 6.54 Å². The summed E-state index contributed by atoms with van der Waals surface area (Å²) in [6, 6.07) is 24.2. The summed E-state index contributed by atoms with van der Waals surface area (Å²) in [5.41, 5.74) is 6.82. The normalized spacial score (nSPS) is 26.1. The van der Waals surface area contributed by atoms with Gasteiger partial charge in [-0.2, -0.15) is 0 Å². The van der Waals surface area contributed by atoms with Crippen molar-refractivity contribution in [2.24, 2.45) is 5.92 Å². The summed E-state index contributed by atoms with van der Waals surface area (Å²) in [5.74, 6) is 2.93. The van der Waals surface area contributed by atoms with Crippen molar-refractivity contribution >= 4 is 43.6 Å². The molecule has 0 bridgehead atoms.